The minimum atomic E-state index is -1.25. The Balaban J connectivity index is 1.20. The van der Waals surface area contributed by atoms with Gasteiger partial charge in [-0.3, -0.25) is 14.4 Å². The molecule has 208 valence electrons. The van der Waals surface area contributed by atoms with Crippen LogP contribution in [0.15, 0.2) is 60.7 Å². The fourth-order valence-electron chi connectivity index (χ4n) is 5.67. The standard InChI is InChI=1S/C31H31F2N3O4/c1-18(2)28(36-17-21-5-3-4-6-23(21)30(36)39)29(38)34-22-9-7-19(8-10-22)20-13-15-35(16-14-20)31(40)26-24(32)11-12-25(37)27(26)33/h3-12,18,20,28,37H,13-17H2,1-2H3,(H,34,38)/t28-/m0/s1. The van der Waals surface area contributed by atoms with Crippen molar-refractivity contribution in [2.24, 2.45) is 5.92 Å². The van der Waals surface area contributed by atoms with Gasteiger partial charge in [-0.25, -0.2) is 8.78 Å². The van der Waals surface area contributed by atoms with Crippen LogP contribution in [0.2, 0.25) is 0 Å². The summed E-state index contributed by atoms with van der Waals surface area (Å²) in [5.41, 5.74) is 2.46. The Bertz CT molecular complexity index is 1450. The van der Waals surface area contributed by atoms with E-state index in [1.165, 1.54) is 4.90 Å². The number of hydrogen-bond donors (Lipinski definition) is 2. The maximum atomic E-state index is 14.2. The Hall–Kier alpha value is -4.27. The van der Waals surface area contributed by atoms with Gasteiger partial charge in [0.05, 0.1) is 0 Å². The second-order valence-corrected chi connectivity index (χ2v) is 10.7. The van der Waals surface area contributed by atoms with E-state index in [9.17, 15) is 28.3 Å². The smallest absolute Gasteiger partial charge is 0.259 e. The Labute approximate surface area is 231 Å². The molecule has 2 heterocycles. The van der Waals surface area contributed by atoms with E-state index >= 15 is 0 Å². The molecular weight excluding hydrogens is 516 g/mol. The molecule has 3 amide bonds. The topological polar surface area (TPSA) is 89.9 Å². The van der Waals surface area contributed by atoms with Gasteiger partial charge >= 0.3 is 0 Å². The Kier molecular flexibility index (Phi) is 7.56. The van der Waals surface area contributed by atoms with Crippen molar-refractivity contribution in [3.8, 4) is 5.75 Å². The van der Waals surface area contributed by atoms with Crippen LogP contribution in [0, 0.1) is 17.6 Å². The van der Waals surface area contributed by atoms with Crippen LogP contribution < -0.4 is 5.32 Å². The van der Waals surface area contributed by atoms with Gasteiger partial charge < -0.3 is 20.2 Å². The number of halogens is 2. The summed E-state index contributed by atoms with van der Waals surface area (Å²) in [5.74, 6) is -4.13. The van der Waals surface area contributed by atoms with E-state index < -0.39 is 34.9 Å². The van der Waals surface area contributed by atoms with Crippen LogP contribution >= 0.6 is 0 Å². The quantitative estimate of drug-likeness (QED) is 0.438. The zero-order valence-electron chi connectivity index (χ0n) is 22.4. The lowest BCUT2D eigenvalue weighted by molar-refractivity contribution is -0.122. The van der Waals surface area contributed by atoms with Gasteiger partial charge in [0.1, 0.15) is 17.4 Å². The van der Waals surface area contributed by atoms with E-state index in [0.717, 1.165) is 23.3 Å². The molecule has 3 aromatic rings. The van der Waals surface area contributed by atoms with Gasteiger partial charge in [0.2, 0.25) is 5.91 Å². The number of phenols is 1. The van der Waals surface area contributed by atoms with Gasteiger partial charge in [-0.15, -0.1) is 0 Å². The summed E-state index contributed by atoms with van der Waals surface area (Å²) in [6.45, 7) is 4.88. The summed E-state index contributed by atoms with van der Waals surface area (Å²) < 4.78 is 28.3. The highest BCUT2D eigenvalue weighted by Gasteiger charge is 2.38. The maximum absolute atomic E-state index is 14.2. The number of amides is 3. The Morgan fingerprint density at radius 1 is 0.975 bits per heavy atom. The molecule has 0 aliphatic carbocycles. The molecule has 2 aliphatic heterocycles. The van der Waals surface area contributed by atoms with Crippen LogP contribution in [0.3, 0.4) is 0 Å². The molecule has 5 rings (SSSR count). The first-order valence-electron chi connectivity index (χ1n) is 13.4. The van der Waals surface area contributed by atoms with Crippen molar-refractivity contribution in [1.82, 2.24) is 9.80 Å². The zero-order chi connectivity index (χ0) is 28.6. The lowest BCUT2D eigenvalue weighted by atomic mass is 9.89. The summed E-state index contributed by atoms with van der Waals surface area (Å²) in [4.78, 5) is 42.0. The molecule has 1 saturated heterocycles. The third kappa shape index (κ3) is 5.15. The lowest BCUT2D eigenvalue weighted by Gasteiger charge is -2.32. The first kappa shape index (κ1) is 27.3. The molecule has 9 heteroatoms. The van der Waals surface area contributed by atoms with Gasteiger partial charge in [-0.05, 0) is 66.1 Å². The predicted octanol–water partition coefficient (Wildman–Crippen LogP) is 5.31. The molecule has 0 spiro atoms. The van der Waals surface area contributed by atoms with E-state index in [2.05, 4.69) is 5.32 Å². The third-order valence-corrected chi connectivity index (χ3v) is 7.80. The van der Waals surface area contributed by atoms with Gasteiger partial charge in [-0.1, -0.05) is 44.2 Å². The molecule has 0 unspecified atom stereocenters. The largest absolute Gasteiger partial charge is 0.505 e. The predicted molar refractivity (Wildman–Crippen MR) is 146 cm³/mol. The van der Waals surface area contributed by atoms with Crippen LogP contribution in [-0.4, -0.2) is 51.8 Å². The number of benzene rings is 3. The summed E-state index contributed by atoms with van der Waals surface area (Å²) in [6.07, 6.45) is 1.21. The summed E-state index contributed by atoms with van der Waals surface area (Å²) in [6, 6.07) is 16.0. The number of rotatable bonds is 6. The van der Waals surface area contributed by atoms with E-state index in [4.69, 9.17) is 0 Å². The number of piperidine rings is 1. The van der Waals surface area contributed by atoms with Crippen LogP contribution in [0.25, 0.3) is 0 Å². The second-order valence-electron chi connectivity index (χ2n) is 10.7. The molecular formula is C31H31F2N3O4. The third-order valence-electron chi connectivity index (χ3n) is 7.80. The van der Waals surface area contributed by atoms with E-state index in [-0.39, 0.29) is 23.7 Å². The number of fused-ring (bicyclic) bond motifs is 1. The van der Waals surface area contributed by atoms with Crippen molar-refractivity contribution < 1.29 is 28.3 Å². The number of carbonyl (C=O) groups excluding carboxylic acids is 3. The van der Waals surface area contributed by atoms with Gasteiger partial charge in [0.15, 0.2) is 11.6 Å². The molecule has 0 saturated carbocycles. The number of likely N-dealkylation sites (tertiary alicyclic amines) is 1. The molecule has 0 aromatic heterocycles. The number of nitrogens with zero attached hydrogens (tertiary/aromatic N) is 2. The summed E-state index contributed by atoms with van der Waals surface area (Å²) in [7, 11) is 0. The fraction of sp³-hybridized carbons (Fsp3) is 0.323. The van der Waals surface area contributed by atoms with Crippen molar-refractivity contribution in [1.29, 1.82) is 0 Å². The number of hydrogen-bond acceptors (Lipinski definition) is 4. The Morgan fingerprint density at radius 3 is 2.30 bits per heavy atom. The first-order chi connectivity index (χ1) is 19.2. The molecule has 2 aliphatic rings. The number of aromatic hydroxyl groups is 1. The molecule has 3 aromatic carbocycles. The van der Waals surface area contributed by atoms with Crippen LogP contribution in [0.4, 0.5) is 14.5 Å². The van der Waals surface area contributed by atoms with Gasteiger partial charge in [0.25, 0.3) is 11.8 Å². The minimum Gasteiger partial charge on any atom is -0.505 e. The molecule has 1 fully saturated rings. The SMILES string of the molecule is CC(C)[C@@H](C(=O)Nc1ccc(C2CCN(C(=O)c3c(F)ccc(O)c3F)CC2)cc1)N1Cc2ccccc2C1=O. The van der Waals surface area contributed by atoms with E-state index in [1.54, 1.807) is 11.0 Å². The van der Waals surface area contributed by atoms with Gasteiger partial charge in [0, 0.05) is 30.9 Å². The molecule has 2 N–H and O–H groups in total. The van der Waals surface area contributed by atoms with Gasteiger partial charge in [-0.2, -0.15) is 0 Å². The van der Waals surface area contributed by atoms with E-state index in [0.29, 0.717) is 43.7 Å². The average Bonchev–Trinajstić information content (AvgIpc) is 3.27. The monoisotopic (exact) mass is 547 g/mol. The molecule has 1 atom stereocenters. The van der Waals surface area contributed by atoms with Crippen LogP contribution in [0.5, 0.6) is 5.75 Å². The highest BCUT2D eigenvalue weighted by atomic mass is 19.1. The van der Waals surface area contributed by atoms with Crippen LogP contribution in [-0.2, 0) is 11.3 Å². The Morgan fingerprint density at radius 2 is 1.65 bits per heavy atom. The molecule has 7 nitrogen and oxygen atoms in total. The molecule has 0 radical (unpaired) electrons. The lowest BCUT2D eigenvalue weighted by Crippen LogP contribution is -2.47. The fourth-order valence-corrected chi connectivity index (χ4v) is 5.67. The number of nitrogens with one attached hydrogen (secondary N) is 1. The van der Waals surface area contributed by atoms with Crippen molar-refractivity contribution >= 4 is 23.4 Å². The normalized spacial score (nSPS) is 16.3. The summed E-state index contributed by atoms with van der Waals surface area (Å²) >= 11 is 0. The highest BCUT2D eigenvalue weighted by molar-refractivity contribution is 6.03. The average molecular weight is 548 g/mol. The number of anilines is 1. The summed E-state index contributed by atoms with van der Waals surface area (Å²) in [5, 5.41) is 12.5. The zero-order valence-corrected chi connectivity index (χ0v) is 22.4. The minimum absolute atomic E-state index is 0.0905. The van der Waals surface area contributed by atoms with Crippen molar-refractivity contribution in [2.45, 2.75) is 45.2 Å². The second kappa shape index (κ2) is 11.1. The number of carbonyl (C=O) groups is 3. The van der Waals surface area contributed by atoms with Crippen molar-refractivity contribution in [3.63, 3.8) is 0 Å². The molecule has 40 heavy (non-hydrogen) atoms. The number of phenolic OH excluding ortho intramolecular Hbond substituents is 1. The maximum Gasteiger partial charge on any atom is 0.259 e. The van der Waals surface area contributed by atoms with Crippen molar-refractivity contribution in [3.05, 3.63) is 94.6 Å². The molecule has 0 bridgehead atoms. The first-order valence-corrected chi connectivity index (χ1v) is 13.4. The van der Waals surface area contributed by atoms with Crippen molar-refractivity contribution in [2.75, 3.05) is 18.4 Å². The van der Waals surface area contributed by atoms with E-state index in [1.807, 2.05) is 56.3 Å². The highest BCUT2D eigenvalue weighted by Crippen LogP contribution is 2.32. The van der Waals surface area contributed by atoms with Crippen LogP contribution in [0.1, 0.15) is 64.4 Å².